The van der Waals surface area contributed by atoms with Crippen molar-refractivity contribution in [2.75, 3.05) is 19.8 Å². The van der Waals surface area contributed by atoms with E-state index in [4.69, 9.17) is 9.47 Å². The fourth-order valence-electron chi connectivity index (χ4n) is 3.39. The lowest BCUT2D eigenvalue weighted by molar-refractivity contribution is -0.132. The predicted octanol–water partition coefficient (Wildman–Crippen LogP) is 2.43. The van der Waals surface area contributed by atoms with Crippen molar-refractivity contribution in [2.24, 2.45) is 0 Å². The lowest BCUT2D eigenvalue weighted by Gasteiger charge is -2.33. The Morgan fingerprint density at radius 3 is 2.88 bits per heavy atom. The molecule has 1 saturated heterocycles. The van der Waals surface area contributed by atoms with Gasteiger partial charge in [0.25, 0.3) is 5.91 Å². The first-order chi connectivity index (χ1) is 12.6. The number of carbonyl (C=O) groups is 2. The lowest BCUT2D eigenvalue weighted by Crippen LogP contribution is -2.47. The molecule has 2 aromatic rings. The van der Waals surface area contributed by atoms with Crippen molar-refractivity contribution in [3.8, 4) is 11.5 Å². The minimum atomic E-state index is -1.09. The number of imide groups is 1. The van der Waals surface area contributed by atoms with Crippen molar-refractivity contribution < 1.29 is 23.5 Å². The number of rotatable bonds is 4. The minimum Gasteiger partial charge on any atom is -0.493 e. The van der Waals surface area contributed by atoms with Crippen LogP contribution in [-0.2, 0) is 10.3 Å². The van der Waals surface area contributed by atoms with Gasteiger partial charge in [-0.15, -0.1) is 0 Å². The van der Waals surface area contributed by atoms with Crippen LogP contribution in [0.5, 0.6) is 11.5 Å². The van der Waals surface area contributed by atoms with Crippen molar-refractivity contribution in [1.29, 1.82) is 0 Å². The summed E-state index contributed by atoms with van der Waals surface area (Å²) in [6.07, 6.45) is 0.371. The van der Waals surface area contributed by atoms with Crippen LogP contribution in [0, 0.1) is 5.82 Å². The average Bonchev–Trinajstić information content (AvgIpc) is 2.87. The Hall–Kier alpha value is -3.09. The van der Waals surface area contributed by atoms with Crippen LogP contribution in [-0.4, -0.2) is 36.6 Å². The van der Waals surface area contributed by atoms with Gasteiger partial charge in [-0.1, -0.05) is 24.3 Å². The van der Waals surface area contributed by atoms with Gasteiger partial charge in [-0.25, -0.2) is 9.18 Å². The van der Waals surface area contributed by atoms with E-state index in [1.54, 1.807) is 18.2 Å². The van der Waals surface area contributed by atoms with Gasteiger partial charge in [-0.3, -0.25) is 9.69 Å². The van der Waals surface area contributed by atoms with Gasteiger partial charge in [-0.2, -0.15) is 0 Å². The number of carbonyl (C=O) groups excluding carboxylic acids is 2. The van der Waals surface area contributed by atoms with Crippen LogP contribution in [0.15, 0.2) is 48.5 Å². The van der Waals surface area contributed by atoms with E-state index in [9.17, 15) is 14.0 Å². The number of fused-ring (bicyclic) bond motifs is 2. The van der Waals surface area contributed by atoms with Gasteiger partial charge >= 0.3 is 6.03 Å². The predicted molar refractivity (Wildman–Crippen MR) is 90.4 cm³/mol. The molecular weight excluding hydrogens is 339 g/mol. The number of urea groups is 1. The third-order valence-corrected chi connectivity index (χ3v) is 4.64. The minimum absolute atomic E-state index is 0.0754. The SMILES string of the molecule is O=C1NC2(CCOc3ccccc32)C(=O)N1CCOc1cccc(F)c1. The standard InChI is InChI=1S/C19H17FN2O4/c20-13-4-3-5-14(12-13)25-11-9-22-17(23)19(21-18(22)24)8-10-26-16-7-2-1-6-15(16)19/h1-7,12H,8-11H2,(H,21,24). The molecule has 2 heterocycles. The van der Waals surface area contributed by atoms with Gasteiger partial charge in [0, 0.05) is 18.1 Å². The highest BCUT2D eigenvalue weighted by Gasteiger charge is 2.54. The molecule has 0 aromatic heterocycles. The Labute approximate surface area is 149 Å². The second-order valence-electron chi connectivity index (χ2n) is 6.19. The number of nitrogens with zero attached hydrogens (tertiary/aromatic N) is 1. The number of para-hydroxylation sites is 1. The number of hydrogen-bond donors (Lipinski definition) is 1. The molecule has 1 spiro atoms. The summed E-state index contributed by atoms with van der Waals surface area (Å²) in [6, 6.07) is 12.5. The summed E-state index contributed by atoms with van der Waals surface area (Å²) in [7, 11) is 0. The summed E-state index contributed by atoms with van der Waals surface area (Å²) in [5.74, 6) is 0.227. The zero-order chi connectivity index (χ0) is 18.1. The number of halogens is 1. The van der Waals surface area contributed by atoms with E-state index in [2.05, 4.69) is 5.32 Å². The Bertz CT molecular complexity index is 872. The van der Waals surface area contributed by atoms with E-state index in [0.29, 0.717) is 30.1 Å². The molecule has 0 aliphatic carbocycles. The van der Waals surface area contributed by atoms with E-state index in [1.807, 2.05) is 12.1 Å². The summed E-state index contributed by atoms with van der Waals surface area (Å²) < 4.78 is 24.2. The van der Waals surface area contributed by atoms with E-state index in [-0.39, 0.29) is 19.1 Å². The van der Waals surface area contributed by atoms with Gasteiger partial charge in [0.05, 0.1) is 13.2 Å². The fraction of sp³-hybridized carbons (Fsp3) is 0.263. The summed E-state index contributed by atoms with van der Waals surface area (Å²) in [6.45, 7) is 0.499. The maximum absolute atomic E-state index is 13.2. The first kappa shape index (κ1) is 16.4. The van der Waals surface area contributed by atoms with E-state index < -0.39 is 17.4 Å². The van der Waals surface area contributed by atoms with E-state index in [0.717, 1.165) is 4.90 Å². The second kappa shape index (κ2) is 6.33. The monoisotopic (exact) mass is 356 g/mol. The molecule has 2 aromatic carbocycles. The molecule has 134 valence electrons. The Balaban J connectivity index is 1.50. The molecule has 0 radical (unpaired) electrons. The Morgan fingerprint density at radius 2 is 2.04 bits per heavy atom. The molecule has 26 heavy (non-hydrogen) atoms. The molecule has 1 unspecified atom stereocenters. The number of ether oxygens (including phenoxy) is 2. The number of hydrogen-bond acceptors (Lipinski definition) is 4. The maximum Gasteiger partial charge on any atom is 0.325 e. The van der Waals surface area contributed by atoms with Gasteiger partial charge < -0.3 is 14.8 Å². The van der Waals surface area contributed by atoms with Gasteiger partial charge in [0.15, 0.2) is 5.54 Å². The molecule has 1 atom stereocenters. The van der Waals surface area contributed by atoms with Crippen molar-refractivity contribution in [1.82, 2.24) is 10.2 Å². The summed E-state index contributed by atoms with van der Waals surface area (Å²) >= 11 is 0. The molecule has 7 heteroatoms. The fourth-order valence-corrected chi connectivity index (χ4v) is 3.39. The molecular formula is C19H17FN2O4. The molecule has 2 aliphatic heterocycles. The molecule has 3 amide bonds. The zero-order valence-corrected chi connectivity index (χ0v) is 13.9. The topological polar surface area (TPSA) is 67.9 Å². The Morgan fingerprint density at radius 1 is 1.19 bits per heavy atom. The van der Waals surface area contributed by atoms with Gasteiger partial charge in [0.2, 0.25) is 0 Å². The van der Waals surface area contributed by atoms with Crippen LogP contribution in [0.1, 0.15) is 12.0 Å². The van der Waals surface area contributed by atoms with Crippen LogP contribution in [0.3, 0.4) is 0 Å². The smallest absolute Gasteiger partial charge is 0.325 e. The maximum atomic E-state index is 13.2. The van der Waals surface area contributed by atoms with Crippen LogP contribution >= 0.6 is 0 Å². The lowest BCUT2D eigenvalue weighted by atomic mass is 9.84. The van der Waals surface area contributed by atoms with Crippen LogP contribution in [0.2, 0.25) is 0 Å². The molecule has 0 bridgehead atoms. The number of nitrogens with one attached hydrogen (secondary N) is 1. The third-order valence-electron chi connectivity index (χ3n) is 4.64. The second-order valence-corrected chi connectivity index (χ2v) is 6.19. The first-order valence-corrected chi connectivity index (χ1v) is 8.35. The largest absolute Gasteiger partial charge is 0.493 e. The molecule has 4 rings (SSSR count). The van der Waals surface area contributed by atoms with Crippen molar-refractivity contribution in [3.63, 3.8) is 0 Å². The highest BCUT2D eigenvalue weighted by atomic mass is 19.1. The molecule has 1 N–H and O–H groups in total. The van der Waals surface area contributed by atoms with Crippen LogP contribution < -0.4 is 14.8 Å². The summed E-state index contributed by atoms with van der Waals surface area (Å²) in [4.78, 5) is 26.6. The van der Waals surface area contributed by atoms with Gasteiger partial charge in [0.1, 0.15) is 23.9 Å². The first-order valence-electron chi connectivity index (χ1n) is 8.35. The van der Waals surface area contributed by atoms with E-state index in [1.165, 1.54) is 18.2 Å². The molecule has 2 aliphatic rings. The normalized spacial score (nSPS) is 21.3. The van der Waals surface area contributed by atoms with Crippen molar-refractivity contribution >= 4 is 11.9 Å². The van der Waals surface area contributed by atoms with E-state index >= 15 is 0 Å². The van der Waals surface area contributed by atoms with Crippen molar-refractivity contribution in [3.05, 3.63) is 59.9 Å². The quantitative estimate of drug-likeness (QED) is 0.855. The molecule has 1 fully saturated rings. The highest BCUT2D eigenvalue weighted by molar-refractivity contribution is 6.07. The number of amides is 3. The summed E-state index contributed by atoms with van der Waals surface area (Å²) in [5, 5.41) is 2.82. The average molecular weight is 356 g/mol. The molecule has 0 saturated carbocycles. The Kier molecular flexibility index (Phi) is 3.99. The zero-order valence-electron chi connectivity index (χ0n) is 13.9. The van der Waals surface area contributed by atoms with Crippen LogP contribution in [0.25, 0.3) is 0 Å². The van der Waals surface area contributed by atoms with Crippen molar-refractivity contribution in [2.45, 2.75) is 12.0 Å². The molecule has 6 nitrogen and oxygen atoms in total. The van der Waals surface area contributed by atoms with Gasteiger partial charge in [-0.05, 0) is 18.2 Å². The van der Waals surface area contributed by atoms with Crippen LogP contribution in [0.4, 0.5) is 9.18 Å². The highest BCUT2D eigenvalue weighted by Crippen LogP contribution is 2.40. The third kappa shape index (κ3) is 2.65. The number of benzene rings is 2. The summed E-state index contributed by atoms with van der Waals surface area (Å²) in [5.41, 5.74) is -0.428.